The van der Waals surface area contributed by atoms with Gasteiger partial charge in [0.15, 0.2) is 23.2 Å². The number of hydrogen-bond acceptors (Lipinski definition) is 4. The molecule has 4 nitrogen and oxygen atoms in total. The van der Waals surface area contributed by atoms with Crippen molar-refractivity contribution in [1.29, 1.82) is 0 Å². The second-order valence-corrected chi connectivity index (χ2v) is 33.3. The molecule has 0 saturated heterocycles. The van der Waals surface area contributed by atoms with Gasteiger partial charge in [-0.1, -0.05) is 122 Å². The van der Waals surface area contributed by atoms with Crippen LogP contribution in [0.2, 0.25) is 39.3 Å². The van der Waals surface area contributed by atoms with Crippen molar-refractivity contribution < 1.29 is 98.0 Å². The van der Waals surface area contributed by atoms with E-state index < -0.39 is 140 Å². The molecule has 0 spiro atoms. The van der Waals surface area contributed by atoms with Crippen LogP contribution >= 0.6 is 0 Å². The summed E-state index contributed by atoms with van der Waals surface area (Å²) in [5.74, 6) is -46.5. The Labute approximate surface area is 454 Å². The van der Waals surface area contributed by atoms with Crippen molar-refractivity contribution in [3.8, 4) is 23.0 Å². The maximum Gasteiger partial charge on any atom is 0.422 e. The summed E-state index contributed by atoms with van der Waals surface area (Å²) in [5, 5.41) is 0. The van der Waals surface area contributed by atoms with E-state index in [9.17, 15) is 39.5 Å². The molecular weight excluding hydrogens is 1130 g/mol. The lowest BCUT2D eigenvalue weighted by atomic mass is 9.78. The topological polar surface area (TPSA) is 36.9 Å². The summed E-state index contributed by atoms with van der Waals surface area (Å²) in [4.78, 5) is 0. The number of hydrogen-bond donors (Lipinski definition) is 0. The molecule has 80 heavy (non-hydrogen) atoms. The van der Waals surface area contributed by atoms with Gasteiger partial charge in [-0.15, -0.1) is 0 Å². The first-order chi connectivity index (χ1) is 36.2. The van der Waals surface area contributed by atoms with Crippen molar-refractivity contribution in [3.63, 3.8) is 0 Å². The first-order valence-corrected chi connectivity index (χ1v) is 31.9. The second-order valence-electron chi connectivity index (χ2n) is 22.4. The van der Waals surface area contributed by atoms with Crippen molar-refractivity contribution >= 4 is 16.1 Å². The Morgan fingerprint density at radius 1 is 0.388 bits per heavy atom. The maximum atomic E-state index is 16.3. The lowest BCUT2D eigenvalue weighted by Gasteiger charge is -2.29. The second kappa shape index (κ2) is 24.0. The SMILES string of the molecule is CCC(F)(F)/C(Oc1ccc(C(C)(C)c2ccc(OC[Si](C)(C)C)cc2)cc1)=C(/C(F)=C(F)C(F)(F)CC(F)(F)/C(Oc1ccc(C(C)(C)c2ccc(OC[Si](C)(C)C)cc2)cc1)=C(\C(F)=C(F)C(C)(F)F)C(F)(F)F)C(F)(F)F. The van der Waals surface area contributed by atoms with Crippen LogP contribution in [0.5, 0.6) is 23.0 Å². The fourth-order valence-electron chi connectivity index (χ4n) is 7.48. The molecule has 0 fully saturated rings. The zero-order chi connectivity index (χ0) is 61.2. The molecule has 0 atom stereocenters. The molecule has 442 valence electrons. The van der Waals surface area contributed by atoms with E-state index in [0.29, 0.717) is 59.7 Å². The molecule has 4 rings (SSSR count). The van der Waals surface area contributed by atoms with Crippen LogP contribution in [0.1, 0.15) is 76.6 Å². The molecule has 0 aliphatic carbocycles. The van der Waals surface area contributed by atoms with Gasteiger partial charge in [-0.2, -0.15) is 61.5 Å². The Morgan fingerprint density at radius 3 is 0.925 bits per heavy atom. The Balaban J connectivity index is 1.84. The van der Waals surface area contributed by atoms with E-state index >= 15 is 39.5 Å². The van der Waals surface area contributed by atoms with Crippen LogP contribution < -0.4 is 18.9 Å². The molecule has 0 amide bonds. The summed E-state index contributed by atoms with van der Waals surface area (Å²) in [5.41, 5.74) is -7.62. The average Bonchev–Trinajstić information content (AvgIpc) is 3.32. The number of alkyl halides is 14. The minimum absolute atomic E-state index is 0.234. The van der Waals surface area contributed by atoms with Gasteiger partial charge in [0.1, 0.15) is 34.1 Å². The Hall–Kier alpha value is -5.79. The molecule has 0 aromatic heterocycles. The van der Waals surface area contributed by atoms with Gasteiger partial charge < -0.3 is 18.9 Å². The van der Waals surface area contributed by atoms with E-state index in [0.717, 1.165) is 24.3 Å². The monoisotopic (exact) mass is 1190 g/mol. The smallest absolute Gasteiger partial charge is 0.422 e. The molecule has 0 unspecified atom stereocenters. The van der Waals surface area contributed by atoms with Crippen molar-refractivity contribution in [3.05, 3.63) is 165 Å². The van der Waals surface area contributed by atoms with Crippen LogP contribution in [0, 0.1) is 0 Å². The molecule has 0 aliphatic heterocycles. The van der Waals surface area contributed by atoms with E-state index in [4.69, 9.17) is 14.2 Å². The summed E-state index contributed by atoms with van der Waals surface area (Å²) in [6.07, 6.45) is -18.2. The minimum Gasteiger partial charge on any atom is -0.497 e. The fraction of sp³-hybridized carbons (Fsp3) is 0.429. The zero-order valence-corrected chi connectivity index (χ0v) is 47.5. The highest BCUT2D eigenvalue weighted by atomic mass is 28.3. The van der Waals surface area contributed by atoms with Gasteiger partial charge in [0, 0.05) is 24.2 Å². The molecule has 0 aliphatic rings. The number of rotatable bonds is 23. The van der Waals surface area contributed by atoms with Crippen molar-refractivity contribution in [1.82, 2.24) is 0 Å². The predicted molar refractivity (Wildman–Crippen MR) is 274 cm³/mol. The van der Waals surface area contributed by atoms with Crippen LogP contribution in [-0.4, -0.2) is 64.7 Å². The van der Waals surface area contributed by atoms with Gasteiger partial charge in [0.05, 0.1) is 35.0 Å². The maximum absolute atomic E-state index is 16.3. The van der Waals surface area contributed by atoms with Crippen LogP contribution in [-0.2, 0) is 10.8 Å². The van der Waals surface area contributed by atoms with Crippen LogP contribution in [0.15, 0.2) is 143 Å². The fourth-order valence-corrected chi connectivity index (χ4v) is 8.68. The van der Waals surface area contributed by atoms with Gasteiger partial charge in [0.2, 0.25) is 11.7 Å². The van der Waals surface area contributed by atoms with Crippen LogP contribution in [0.3, 0.4) is 0 Å². The van der Waals surface area contributed by atoms with E-state index in [-0.39, 0.29) is 5.56 Å². The summed E-state index contributed by atoms with van der Waals surface area (Å²) in [6.45, 7) is 19.0. The Morgan fingerprint density at radius 2 is 0.662 bits per heavy atom. The Kier molecular flexibility index (Phi) is 20.0. The first-order valence-electron chi connectivity index (χ1n) is 24.5. The van der Waals surface area contributed by atoms with Crippen molar-refractivity contribution in [2.75, 3.05) is 12.5 Å². The molecule has 4 aromatic rings. The number of allylic oxidation sites excluding steroid dienone is 8. The zero-order valence-electron chi connectivity index (χ0n) is 45.5. The summed E-state index contributed by atoms with van der Waals surface area (Å²) >= 11 is 0. The van der Waals surface area contributed by atoms with E-state index in [1.54, 1.807) is 76.2 Å². The summed E-state index contributed by atoms with van der Waals surface area (Å²) in [7, 11) is -3.24. The van der Waals surface area contributed by atoms with Gasteiger partial charge in [-0.3, -0.25) is 0 Å². The number of ether oxygens (including phenoxy) is 4. The standard InChI is InChI=1S/C56H60F18O4Si2/c1-13-52(63,64)47(77-39-26-18-35(19-27-39)49(2,3)33-14-22-37(23-15-33)75-31-79(7,8)9)42(56(72,73)74)44(58)46(60)53(65,66)30-54(67,68)48(41(55(69,70)71)43(57)45(59)51(6,61)62)78-40-28-20-36(21-29-40)50(4,5)34-16-24-38(25-17-34)76-32-80(10,11)12/h14-29H,13,30-32H2,1-12H3/b45-43?,46-44?,47-42+,48-41-. The molecule has 0 heterocycles. The molecule has 0 saturated carbocycles. The average molecular weight is 1200 g/mol. The van der Waals surface area contributed by atoms with Crippen LogP contribution in [0.4, 0.5) is 79.0 Å². The highest BCUT2D eigenvalue weighted by Gasteiger charge is 2.58. The van der Waals surface area contributed by atoms with Gasteiger partial charge in [-0.25, -0.2) is 17.6 Å². The summed E-state index contributed by atoms with van der Waals surface area (Å²) < 4.78 is 294. The van der Waals surface area contributed by atoms with E-state index in [1.807, 2.05) is 0 Å². The highest BCUT2D eigenvalue weighted by Crippen LogP contribution is 2.51. The molecule has 4 aromatic carbocycles. The molecule has 0 radical (unpaired) electrons. The van der Waals surface area contributed by atoms with Gasteiger partial charge in [0.25, 0.3) is 5.92 Å². The van der Waals surface area contributed by atoms with Crippen molar-refractivity contribution in [2.45, 2.75) is 141 Å². The molecule has 24 heteroatoms. The van der Waals surface area contributed by atoms with Gasteiger partial charge >= 0.3 is 30.1 Å². The Bertz CT molecular complexity index is 2900. The molecule has 0 bridgehead atoms. The quantitative estimate of drug-likeness (QED) is 0.0321. The summed E-state index contributed by atoms with van der Waals surface area (Å²) in [6, 6.07) is 20.5. The number of halogens is 18. The largest absolute Gasteiger partial charge is 0.497 e. The van der Waals surface area contributed by atoms with Crippen LogP contribution in [0.25, 0.3) is 0 Å². The first kappa shape index (κ1) is 66.7. The third kappa shape index (κ3) is 16.9. The van der Waals surface area contributed by atoms with E-state index in [1.165, 1.54) is 12.1 Å². The number of benzene rings is 4. The predicted octanol–water partition coefficient (Wildman–Crippen LogP) is 19.6. The van der Waals surface area contributed by atoms with E-state index in [2.05, 4.69) is 44.0 Å². The highest BCUT2D eigenvalue weighted by molar-refractivity contribution is 6.76. The lowest BCUT2D eigenvalue weighted by Crippen LogP contribution is -2.37. The normalized spacial score (nSPS) is 15.1. The molecular formula is C56H60F18O4Si2. The van der Waals surface area contributed by atoms with Crippen molar-refractivity contribution in [2.24, 2.45) is 0 Å². The lowest BCUT2D eigenvalue weighted by molar-refractivity contribution is -0.117. The minimum atomic E-state index is -6.79. The molecule has 0 N–H and O–H groups in total. The third-order valence-corrected chi connectivity index (χ3v) is 14.2. The van der Waals surface area contributed by atoms with Gasteiger partial charge in [-0.05, 0) is 70.8 Å². The third-order valence-electron chi connectivity index (χ3n) is 12.2.